The lowest BCUT2D eigenvalue weighted by Crippen LogP contribution is -2.30. The predicted molar refractivity (Wildman–Crippen MR) is 293 cm³/mol. The highest BCUT2D eigenvalue weighted by Crippen LogP contribution is 2.15. The fourth-order valence-electron chi connectivity index (χ4n) is 7.81. The Bertz CT molecular complexity index is 1320. The molecule has 0 N–H and O–H groups in total. The molecule has 0 aromatic carbocycles. The number of hydrogen-bond donors (Lipinski definition) is 0. The molecule has 0 saturated heterocycles. The molecule has 1 unspecified atom stereocenters. The van der Waals surface area contributed by atoms with Gasteiger partial charge in [0, 0.05) is 19.3 Å². The number of hydrogen-bond acceptors (Lipinski definition) is 6. The van der Waals surface area contributed by atoms with Crippen LogP contribution < -0.4 is 0 Å². The fraction of sp³-hybridized carbons (Fsp3) is 0.726. The third-order valence-corrected chi connectivity index (χ3v) is 12.1. The number of rotatable bonds is 51. The maximum absolute atomic E-state index is 12.9. The van der Waals surface area contributed by atoms with Crippen LogP contribution in [0, 0.1) is 0 Å². The molecule has 390 valence electrons. The maximum Gasteiger partial charge on any atom is 0.306 e. The lowest BCUT2D eigenvalue weighted by atomic mass is 10.1. The van der Waals surface area contributed by atoms with Crippen LogP contribution in [0.3, 0.4) is 0 Å². The van der Waals surface area contributed by atoms with E-state index in [-0.39, 0.29) is 31.1 Å². The van der Waals surface area contributed by atoms with Gasteiger partial charge in [0.25, 0.3) is 0 Å². The molecule has 0 fully saturated rings. The van der Waals surface area contributed by atoms with Gasteiger partial charge in [0.15, 0.2) is 6.10 Å². The molecule has 0 bridgehead atoms. The first-order chi connectivity index (χ1) is 33.5. The van der Waals surface area contributed by atoms with Gasteiger partial charge in [-0.2, -0.15) is 0 Å². The first kappa shape index (κ1) is 64.6. The van der Waals surface area contributed by atoms with E-state index in [9.17, 15) is 14.4 Å². The van der Waals surface area contributed by atoms with Gasteiger partial charge in [-0.25, -0.2) is 0 Å². The molecule has 0 heterocycles. The minimum Gasteiger partial charge on any atom is -0.462 e. The number of allylic oxidation sites excluding steroid dienone is 14. The monoisotopic (exact) mass is 947 g/mol. The van der Waals surface area contributed by atoms with Crippen LogP contribution in [0.2, 0.25) is 0 Å². The van der Waals surface area contributed by atoms with E-state index in [2.05, 4.69) is 106 Å². The highest BCUT2D eigenvalue weighted by molar-refractivity contribution is 5.71. The van der Waals surface area contributed by atoms with Crippen LogP contribution >= 0.6 is 0 Å². The number of carbonyl (C=O) groups is 3. The smallest absolute Gasteiger partial charge is 0.306 e. The van der Waals surface area contributed by atoms with Crippen molar-refractivity contribution in [3.63, 3.8) is 0 Å². The number of carbonyl (C=O) groups excluding carboxylic acids is 3. The largest absolute Gasteiger partial charge is 0.462 e. The average molecular weight is 948 g/mol. The van der Waals surface area contributed by atoms with Gasteiger partial charge < -0.3 is 14.2 Å². The van der Waals surface area contributed by atoms with Crippen LogP contribution in [0.1, 0.15) is 271 Å². The van der Waals surface area contributed by atoms with E-state index in [0.29, 0.717) is 19.3 Å². The first-order valence-corrected chi connectivity index (χ1v) is 28.6. The Morgan fingerprint density at radius 3 is 0.941 bits per heavy atom. The summed E-state index contributed by atoms with van der Waals surface area (Å²) in [5.74, 6) is -0.929. The second-order valence-corrected chi connectivity index (χ2v) is 18.8. The zero-order chi connectivity index (χ0) is 49.3. The van der Waals surface area contributed by atoms with Gasteiger partial charge in [-0.1, -0.05) is 221 Å². The quantitative estimate of drug-likeness (QED) is 0.0262. The molecule has 0 aromatic rings. The molecule has 0 saturated carbocycles. The van der Waals surface area contributed by atoms with Crippen molar-refractivity contribution in [2.45, 2.75) is 277 Å². The Balaban J connectivity index is 4.41. The standard InChI is InChI=1S/C62H106O6/c1-4-7-10-13-16-19-22-25-27-29-31-33-34-37-40-43-46-49-52-55-61(64)67-58-59(57-66-60(63)54-51-48-45-42-39-36-24-21-18-15-12-9-6-3)68-62(65)56-53-50-47-44-41-38-35-32-30-28-26-23-20-17-14-11-8-5-2/h9,12,16,18-21,23,25,27-28,30,36,39,59H,4-8,10-11,13-15,17,22,24,26,29,31-35,37-38,40-58H2,1-3H3/b12-9-,19-16-,21-18-,23-20-,27-25-,30-28-,39-36-. The summed E-state index contributed by atoms with van der Waals surface area (Å²) in [6.45, 7) is 6.46. The predicted octanol–water partition coefficient (Wildman–Crippen LogP) is 19.2. The van der Waals surface area contributed by atoms with Crippen molar-refractivity contribution in [2.75, 3.05) is 13.2 Å². The molecule has 68 heavy (non-hydrogen) atoms. The molecule has 0 rings (SSSR count). The van der Waals surface area contributed by atoms with Crippen molar-refractivity contribution < 1.29 is 28.6 Å². The molecule has 0 aromatic heterocycles. The summed E-state index contributed by atoms with van der Waals surface area (Å²) >= 11 is 0. The Hall–Kier alpha value is -3.41. The van der Waals surface area contributed by atoms with E-state index in [4.69, 9.17) is 14.2 Å². The SMILES string of the molecule is CC/C=C\C/C=C\C/C=C\CCCCCC(=O)OCC(COC(=O)CCCCCCCCCCC/C=C\C/C=C\CCCCC)OC(=O)CCCCCCCCC/C=C\C/C=C\CCCCCC. The molecule has 0 aliphatic heterocycles. The zero-order valence-electron chi connectivity index (χ0n) is 44.6. The van der Waals surface area contributed by atoms with Gasteiger partial charge in [0.05, 0.1) is 0 Å². The van der Waals surface area contributed by atoms with Crippen LogP contribution in [-0.4, -0.2) is 37.2 Å². The second-order valence-electron chi connectivity index (χ2n) is 18.8. The van der Waals surface area contributed by atoms with Gasteiger partial charge in [-0.05, 0) is 116 Å². The summed E-state index contributed by atoms with van der Waals surface area (Å²) < 4.78 is 16.8. The first-order valence-electron chi connectivity index (χ1n) is 28.6. The third-order valence-electron chi connectivity index (χ3n) is 12.1. The maximum atomic E-state index is 12.9. The lowest BCUT2D eigenvalue weighted by Gasteiger charge is -2.18. The van der Waals surface area contributed by atoms with Gasteiger partial charge in [-0.3, -0.25) is 14.4 Å². The highest BCUT2D eigenvalue weighted by Gasteiger charge is 2.19. The Morgan fingerprint density at radius 1 is 0.309 bits per heavy atom. The van der Waals surface area contributed by atoms with Gasteiger partial charge in [-0.15, -0.1) is 0 Å². The van der Waals surface area contributed by atoms with Crippen molar-refractivity contribution in [2.24, 2.45) is 0 Å². The van der Waals surface area contributed by atoms with Crippen molar-refractivity contribution in [3.05, 3.63) is 85.1 Å². The van der Waals surface area contributed by atoms with Crippen LogP contribution in [0.5, 0.6) is 0 Å². The molecule has 0 radical (unpaired) electrons. The molecule has 1 atom stereocenters. The highest BCUT2D eigenvalue weighted by atomic mass is 16.6. The summed E-state index contributed by atoms with van der Waals surface area (Å²) in [7, 11) is 0. The van der Waals surface area contributed by atoms with E-state index in [0.717, 1.165) is 103 Å². The van der Waals surface area contributed by atoms with Gasteiger partial charge in [0.2, 0.25) is 0 Å². The van der Waals surface area contributed by atoms with Gasteiger partial charge >= 0.3 is 17.9 Å². The molecular weight excluding hydrogens is 841 g/mol. The van der Waals surface area contributed by atoms with E-state index >= 15 is 0 Å². The van der Waals surface area contributed by atoms with Crippen LogP contribution in [-0.2, 0) is 28.6 Å². The van der Waals surface area contributed by atoms with Crippen molar-refractivity contribution in [1.29, 1.82) is 0 Å². The Labute approximate surface area is 420 Å². The summed E-state index contributed by atoms with van der Waals surface area (Å²) in [5, 5.41) is 0. The zero-order valence-corrected chi connectivity index (χ0v) is 44.6. The lowest BCUT2D eigenvalue weighted by molar-refractivity contribution is -0.167. The van der Waals surface area contributed by atoms with E-state index in [1.54, 1.807) is 0 Å². The second kappa shape index (κ2) is 56.2. The molecule has 0 amide bonds. The van der Waals surface area contributed by atoms with Crippen LogP contribution in [0.25, 0.3) is 0 Å². The van der Waals surface area contributed by atoms with E-state index < -0.39 is 6.10 Å². The van der Waals surface area contributed by atoms with E-state index in [1.807, 2.05) is 0 Å². The molecule has 0 spiro atoms. The molecular formula is C62H106O6. The summed E-state index contributed by atoms with van der Waals surface area (Å²) in [5.41, 5.74) is 0. The van der Waals surface area contributed by atoms with Gasteiger partial charge in [0.1, 0.15) is 13.2 Å². The molecule has 0 aliphatic carbocycles. The minimum absolute atomic E-state index is 0.0915. The minimum atomic E-state index is -0.795. The molecule has 6 nitrogen and oxygen atoms in total. The van der Waals surface area contributed by atoms with E-state index in [1.165, 1.54) is 128 Å². The van der Waals surface area contributed by atoms with Crippen molar-refractivity contribution >= 4 is 17.9 Å². The average Bonchev–Trinajstić information content (AvgIpc) is 3.34. The van der Waals surface area contributed by atoms with Crippen LogP contribution in [0.15, 0.2) is 85.1 Å². The third kappa shape index (κ3) is 53.5. The number of ether oxygens (including phenoxy) is 3. The molecule has 0 aliphatic rings. The van der Waals surface area contributed by atoms with Crippen molar-refractivity contribution in [1.82, 2.24) is 0 Å². The molecule has 6 heteroatoms. The summed E-state index contributed by atoms with van der Waals surface area (Å²) in [6, 6.07) is 0. The summed E-state index contributed by atoms with van der Waals surface area (Å²) in [4.78, 5) is 38.1. The number of esters is 3. The fourth-order valence-corrected chi connectivity index (χ4v) is 7.81. The summed E-state index contributed by atoms with van der Waals surface area (Å²) in [6.07, 6.45) is 72.8. The number of unbranched alkanes of at least 4 members (excludes halogenated alkanes) is 26. The Kier molecular flexibility index (Phi) is 53.4. The van der Waals surface area contributed by atoms with Crippen molar-refractivity contribution in [3.8, 4) is 0 Å². The normalized spacial score (nSPS) is 12.7. The topological polar surface area (TPSA) is 78.9 Å². The Morgan fingerprint density at radius 2 is 0.574 bits per heavy atom. The van der Waals surface area contributed by atoms with Crippen LogP contribution in [0.4, 0.5) is 0 Å².